The minimum absolute atomic E-state index is 0.193. The molecule has 0 atom stereocenters. The summed E-state index contributed by atoms with van der Waals surface area (Å²) >= 11 is 0. The minimum Gasteiger partial charge on any atom is -0.497 e. The van der Waals surface area contributed by atoms with E-state index in [0.717, 1.165) is 43.5 Å². The van der Waals surface area contributed by atoms with Gasteiger partial charge in [0, 0.05) is 19.3 Å². The quantitative estimate of drug-likeness (QED) is 0.649. The Labute approximate surface area is 149 Å². The van der Waals surface area contributed by atoms with Crippen LogP contribution in [0.5, 0.6) is 5.75 Å². The molecule has 0 fully saturated rings. The maximum atomic E-state index is 12.2. The number of unbranched alkanes of at least 4 members (excludes halogenated alkanes) is 2. The van der Waals surface area contributed by atoms with Crippen molar-refractivity contribution in [2.75, 3.05) is 25.5 Å². The van der Waals surface area contributed by atoms with Crippen LogP contribution in [0.3, 0.4) is 0 Å². The number of ether oxygens (including phenoxy) is 1. The van der Waals surface area contributed by atoms with Crippen LogP contribution in [-0.2, 0) is 6.42 Å². The summed E-state index contributed by atoms with van der Waals surface area (Å²) in [7, 11) is 1.64. The Morgan fingerprint density at radius 1 is 1.20 bits per heavy atom. The van der Waals surface area contributed by atoms with Gasteiger partial charge < -0.3 is 15.4 Å². The van der Waals surface area contributed by atoms with Crippen LogP contribution in [0, 0.1) is 0 Å². The average Bonchev–Trinajstić information content (AvgIpc) is 2.65. The van der Waals surface area contributed by atoms with Crippen molar-refractivity contribution in [2.45, 2.75) is 32.6 Å². The first kappa shape index (κ1) is 18.7. The molecule has 25 heavy (non-hydrogen) atoms. The van der Waals surface area contributed by atoms with Gasteiger partial charge in [-0.3, -0.25) is 4.79 Å². The van der Waals surface area contributed by atoms with Crippen LogP contribution in [0.1, 0.15) is 42.2 Å². The van der Waals surface area contributed by atoms with Gasteiger partial charge in [0.2, 0.25) is 5.95 Å². The summed E-state index contributed by atoms with van der Waals surface area (Å²) in [5, 5.41) is 6.04. The Hall–Kier alpha value is -2.63. The molecule has 2 N–H and O–H groups in total. The number of carbonyl (C=O) groups is 1. The van der Waals surface area contributed by atoms with Crippen molar-refractivity contribution in [2.24, 2.45) is 0 Å². The van der Waals surface area contributed by atoms with E-state index in [1.165, 1.54) is 0 Å². The van der Waals surface area contributed by atoms with E-state index in [4.69, 9.17) is 4.74 Å². The van der Waals surface area contributed by atoms with Gasteiger partial charge in [0.05, 0.1) is 7.11 Å². The molecule has 2 rings (SSSR count). The van der Waals surface area contributed by atoms with Gasteiger partial charge >= 0.3 is 0 Å². The number of hydrogen-bond acceptors (Lipinski definition) is 5. The van der Waals surface area contributed by atoms with Crippen LogP contribution in [0.2, 0.25) is 0 Å². The third-order valence-electron chi connectivity index (χ3n) is 3.79. The third-order valence-corrected chi connectivity index (χ3v) is 3.79. The second-order valence-electron chi connectivity index (χ2n) is 5.76. The molecule has 0 saturated carbocycles. The molecule has 0 aliphatic rings. The topological polar surface area (TPSA) is 76.1 Å². The molecular formula is C19H26N4O2. The Morgan fingerprint density at radius 2 is 2.08 bits per heavy atom. The van der Waals surface area contributed by atoms with Crippen LogP contribution >= 0.6 is 0 Å². The SMILES string of the molecule is CCCCCNc1nccc(C(=O)NCCc2cccc(OC)c2)n1. The molecule has 1 amide bonds. The molecule has 0 radical (unpaired) electrons. The Kier molecular flexibility index (Phi) is 7.69. The Bertz CT molecular complexity index is 676. The van der Waals surface area contributed by atoms with E-state index in [-0.39, 0.29) is 5.91 Å². The molecule has 134 valence electrons. The monoisotopic (exact) mass is 342 g/mol. The lowest BCUT2D eigenvalue weighted by atomic mass is 10.1. The van der Waals surface area contributed by atoms with Crippen molar-refractivity contribution in [1.29, 1.82) is 0 Å². The standard InChI is InChI=1S/C19H26N4O2/c1-3-4-5-11-21-19-22-13-10-17(23-19)18(24)20-12-9-15-7-6-8-16(14-15)25-2/h6-8,10,13-14H,3-5,9,11-12H2,1-2H3,(H,20,24)(H,21,22,23). The molecule has 0 bridgehead atoms. The number of nitrogens with zero attached hydrogens (tertiary/aromatic N) is 2. The van der Waals surface area contributed by atoms with Gasteiger partial charge in [-0.1, -0.05) is 31.9 Å². The zero-order valence-corrected chi connectivity index (χ0v) is 14.9. The maximum Gasteiger partial charge on any atom is 0.270 e. The zero-order valence-electron chi connectivity index (χ0n) is 14.9. The number of methoxy groups -OCH3 is 1. The van der Waals surface area contributed by atoms with Gasteiger partial charge in [-0.05, 0) is 36.6 Å². The molecule has 1 aromatic carbocycles. The summed E-state index contributed by atoms with van der Waals surface area (Å²) < 4.78 is 5.20. The molecule has 1 heterocycles. The molecule has 0 unspecified atom stereocenters. The van der Waals surface area contributed by atoms with Crippen molar-refractivity contribution in [3.05, 3.63) is 47.8 Å². The summed E-state index contributed by atoms with van der Waals surface area (Å²) in [5.74, 6) is 1.12. The highest BCUT2D eigenvalue weighted by Gasteiger charge is 2.08. The van der Waals surface area contributed by atoms with Crippen LogP contribution < -0.4 is 15.4 Å². The smallest absolute Gasteiger partial charge is 0.270 e. The fraction of sp³-hybridized carbons (Fsp3) is 0.421. The summed E-state index contributed by atoms with van der Waals surface area (Å²) in [5.41, 5.74) is 1.49. The van der Waals surface area contributed by atoms with Crippen molar-refractivity contribution in [1.82, 2.24) is 15.3 Å². The fourth-order valence-corrected chi connectivity index (χ4v) is 2.38. The second kappa shape index (κ2) is 10.3. The highest BCUT2D eigenvalue weighted by atomic mass is 16.5. The van der Waals surface area contributed by atoms with Crippen molar-refractivity contribution >= 4 is 11.9 Å². The van der Waals surface area contributed by atoms with Gasteiger partial charge in [-0.25, -0.2) is 9.97 Å². The van der Waals surface area contributed by atoms with Crippen LogP contribution in [0.25, 0.3) is 0 Å². The third kappa shape index (κ3) is 6.41. The van der Waals surface area contributed by atoms with Crippen molar-refractivity contribution < 1.29 is 9.53 Å². The Morgan fingerprint density at radius 3 is 2.88 bits per heavy atom. The van der Waals surface area contributed by atoms with Gasteiger partial charge in [0.25, 0.3) is 5.91 Å². The largest absolute Gasteiger partial charge is 0.497 e. The number of anilines is 1. The van der Waals surface area contributed by atoms with Crippen LogP contribution in [-0.4, -0.2) is 36.1 Å². The van der Waals surface area contributed by atoms with E-state index < -0.39 is 0 Å². The molecule has 6 heteroatoms. The molecule has 1 aromatic heterocycles. The number of benzene rings is 1. The van der Waals surface area contributed by atoms with E-state index in [1.54, 1.807) is 19.4 Å². The second-order valence-corrected chi connectivity index (χ2v) is 5.76. The van der Waals surface area contributed by atoms with Gasteiger partial charge in [0.1, 0.15) is 11.4 Å². The Balaban J connectivity index is 1.81. The lowest BCUT2D eigenvalue weighted by molar-refractivity contribution is 0.0949. The van der Waals surface area contributed by atoms with Crippen LogP contribution in [0.15, 0.2) is 36.5 Å². The maximum absolute atomic E-state index is 12.2. The van der Waals surface area contributed by atoms with E-state index >= 15 is 0 Å². The number of hydrogen-bond donors (Lipinski definition) is 2. The van der Waals surface area contributed by atoms with E-state index in [0.29, 0.717) is 18.2 Å². The molecule has 0 saturated heterocycles. The molecule has 0 spiro atoms. The van der Waals surface area contributed by atoms with Gasteiger partial charge in [-0.15, -0.1) is 0 Å². The number of amides is 1. The first-order valence-corrected chi connectivity index (χ1v) is 8.71. The first-order valence-electron chi connectivity index (χ1n) is 8.71. The average molecular weight is 342 g/mol. The highest BCUT2D eigenvalue weighted by Crippen LogP contribution is 2.12. The molecular weight excluding hydrogens is 316 g/mol. The predicted octanol–water partition coefficient (Wildman–Crippen LogP) is 3.06. The summed E-state index contributed by atoms with van der Waals surface area (Å²) in [6, 6.07) is 9.44. The minimum atomic E-state index is -0.193. The normalized spacial score (nSPS) is 10.3. The van der Waals surface area contributed by atoms with E-state index in [2.05, 4.69) is 27.5 Å². The lowest BCUT2D eigenvalue weighted by Crippen LogP contribution is -2.27. The lowest BCUT2D eigenvalue weighted by Gasteiger charge is -2.08. The van der Waals surface area contributed by atoms with Crippen molar-refractivity contribution in [3.63, 3.8) is 0 Å². The highest BCUT2D eigenvalue weighted by molar-refractivity contribution is 5.92. The molecule has 0 aliphatic heterocycles. The summed E-state index contributed by atoms with van der Waals surface area (Å²) in [6.07, 6.45) is 5.73. The number of carbonyl (C=O) groups excluding carboxylic acids is 1. The number of aromatic nitrogens is 2. The van der Waals surface area contributed by atoms with E-state index in [9.17, 15) is 4.79 Å². The van der Waals surface area contributed by atoms with Gasteiger partial charge in [0.15, 0.2) is 0 Å². The molecule has 2 aromatic rings. The van der Waals surface area contributed by atoms with Gasteiger partial charge in [-0.2, -0.15) is 0 Å². The number of nitrogens with one attached hydrogen (secondary N) is 2. The van der Waals surface area contributed by atoms with Crippen molar-refractivity contribution in [3.8, 4) is 5.75 Å². The molecule has 6 nitrogen and oxygen atoms in total. The fourth-order valence-electron chi connectivity index (χ4n) is 2.38. The predicted molar refractivity (Wildman–Crippen MR) is 99.1 cm³/mol. The number of rotatable bonds is 10. The summed E-state index contributed by atoms with van der Waals surface area (Å²) in [6.45, 7) is 3.51. The van der Waals surface area contributed by atoms with E-state index in [1.807, 2.05) is 24.3 Å². The zero-order chi connectivity index (χ0) is 17.9. The first-order chi connectivity index (χ1) is 12.2. The van der Waals surface area contributed by atoms with Crippen LogP contribution in [0.4, 0.5) is 5.95 Å². The summed E-state index contributed by atoms with van der Waals surface area (Å²) in [4.78, 5) is 20.7. The molecule has 0 aliphatic carbocycles.